The van der Waals surface area contributed by atoms with Crippen LogP contribution in [0.5, 0.6) is 0 Å². The Balaban J connectivity index is 1.25. The van der Waals surface area contributed by atoms with Gasteiger partial charge in [0.15, 0.2) is 0 Å². The summed E-state index contributed by atoms with van der Waals surface area (Å²) in [4.78, 5) is 16.5. The maximum absolute atomic E-state index is 12.8. The molecule has 1 fully saturated rings. The zero-order chi connectivity index (χ0) is 21.2. The molecule has 3 heterocycles. The maximum atomic E-state index is 12.8. The number of nitriles is 1. The predicted molar refractivity (Wildman–Crippen MR) is 124 cm³/mol. The van der Waals surface area contributed by atoms with E-state index in [0.717, 1.165) is 61.2 Å². The molecular formula is C25H30N4OS. The Bertz CT molecular complexity index is 1020. The highest BCUT2D eigenvalue weighted by Crippen LogP contribution is 2.37. The molecule has 1 amide bonds. The van der Waals surface area contributed by atoms with E-state index < -0.39 is 0 Å². The third-order valence-electron chi connectivity index (χ3n) is 7.00. The number of hydrogen-bond acceptors (Lipinski definition) is 5. The van der Waals surface area contributed by atoms with Crippen molar-refractivity contribution in [1.82, 2.24) is 10.2 Å². The summed E-state index contributed by atoms with van der Waals surface area (Å²) < 4.78 is 0. The molecule has 1 aromatic heterocycles. The monoisotopic (exact) mass is 434 g/mol. The number of anilines is 1. The normalized spacial score (nSPS) is 18.9. The Kier molecular flexibility index (Phi) is 6.08. The molecule has 5 rings (SSSR count). The molecule has 1 aliphatic carbocycles. The molecule has 2 N–H and O–H groups in total. The van der Waals surface area contributed by atoms with Gasteiger partial charge < -0.3 is 10.6 Å². The summed E-state index contributed by atoms with van der Waals surface area (Å²) in [6, 6.07) is 8.67. The number of thiophene rings is 1. The summed E-state index contributed by atoms with van der Waals surface area (Å²) in [5, 5.41) is 17.0. The number of hydrogen-bond donors (Lipinski definition) is 2. The van der Waals surface area contributed by atoms with E-state index in [1.165, 1.54) is 48.1 Å². The fourth-order valence-corrected chi connectivity index (χ4v) is 6.52. The molecule has 31 heavy (non-hydrogen) atoms. The first-order valence-electron chi connectivity index (χ1n) is 11.6. The highest BCUT2D eigenvalue weighted by molar-refractivity contribution is 7.16. The molecule has 6 heteroatoms. The van der Waals surface area contributed by atoms with Gasteiger partial charge in [-0.2, -0.15) is 5.26 Å². The van der Waals surface area contributed by atoms with Crippen molar-refractivity contribution in [2.45, 2.75) is 64.6 Å². The summed E-state index contributed by atoms with van der Waals surface area (Å²) in [5.41, 5.74) is 5.46. The molecule has 1 saturated carbocycles. The van der Waals surface area contributed by atoms with Crippen LogP contribution in [0.3, 0.4) is 0 Å². The molecule has 0 atom stereocenters. The third-order valence-corrected chi connectivity index (χ3v) is 8.21. The van der Waals surface area contributed by atoms with Gasteiger partial charge in [-0.15, -0.1) is 11.3 Å². The second kappa shape index (κ2) is 9.12. The molecule has 2 aliphatic heterocycles. The maximum Gasteiger partial charge on any atom is 0.229 e. The van der Waals surface area contributed by atoms with E-state index in [9.17, 15) is 10.1 Å². The largest absolute Gasteiger partial charge is 0.316 e. The minimum Gasteiger partial charge on any atom is -0.316 e. The summed E-state index contributed by atoms with van der Waals surface area (Å²) >= 11 is 1.60. The van der Waals surface area contributed by atoms with Gasteiger partial charge in [0.2, 0.25) is 5.91 Å². The minimum absolute atomic E-state index is 0.0416. The quantitative estimate of drug-likeness (QED) is 0.734. The van der Waals surface area contributed by atoms with Crippen molar-refractivity contribution in [3.63, 3.8) is 0 Å². The first kappa shape index (κ1) is 20.7. The summed E-state index contributed by atoms with van der Waals surface area (Å²) in [6.07, 6.45) is 8.13. The smallest absolute Gasteiger partial charge is 0.229 e. The number of nitrogens with one attached hydrogen (secondary N) is 2. The molecule has 0 radical (unpaired) electrons. The molecule has 162 valence electrons. The van der Waals surface area contributed by atoms with Crippen LogP contribution in [-0.2, 0) is 37.3 Å². The van der Waals surface area contributed by atoms with Crippen molar-refractivity contribution in [1.29, 1.82) is 5.26 Å². The number of amides is 1. The van der Waals surface area contributed by atoms with Crippen LogP contribution in [0, 0.1) is 17.2 Å². The molecular weight excluding hydrogens is 404 g/mol. The number of benzene rings is 1. The van der Waals surface area contributed by atoms with Crippen LogP contribution in [-0.4, -0.2) is 23.9 Å². The second-order valence-electron chi connectivity index (χ2n) is 9.24. The fourth-order valence-electron chi connectivity index (χ4n) is 5.36. The topological polar surface area (TPSA) is 68.2 Å². The SMILES string of the molecule is N#Cc1c(NC(=O)Cc2ccc3c(c2)CNC3)sc2c1CN(CC1CCCCC1)CC2. The number of carbonyl (C=O) groups excluding carboxylic acids is 1. The van der Waals surface area contributed by atoms with Gasteiger partial charge in [0.25, 0.3) is 0 Å². The van der Waals surface area contributed by atoms with E-state index in [0.29, 0.717) is 12.0 Å². The summed E-state index contributed by atoms with van der Waals surface area (Å²) in [7, 11) is 0. The lowest BCUT2D eigenvalue weighted by Crippen LogP contribution is -2.34. The molecule has 0 spiro atoms. The highest BCUT2D eigenvalue weighted by Gasteiger charge is 2.27. The fraction of sp³-hybridized carbons (Fsp3) is 0.520. The van der Waals surface area contributed by atoms with Gasteiger partial charge in [0.1, 0.15) is 11.1 Å². The average Bonchev–Trinajstić information content (AvgIpc) is 3.37. The van der Waals surface area contributed by atoms with Gasteiger partial charge in [0, 0.05) is 43.2 Å². The highest BCUT2D eigenvalue weighted by atomic mass is 32.1. The minimum atomic E-state index is -0.0416. The molecule has 5 nitrogen and oxygen atoms in total. The first-order valence-corrected chi connectivity index (χ1v) is 12.4. The van der Waals surface area contributed by atoms with Crippen LogP contribution in [0.1, 0.15) is 64.8 Å². The van der Waals surface area contributed by atoms with Crippen LogP contribution < -0.4 is 10.6 Å². The van der Waals surface area contributed by atoms with Crippen LogP contribution in [0.4, 0.5) is 5.00 Å². The summed E-state index contributed by atoms with van der Waals surface area (Å²) in [6.45, 7) is 4.84. The first-order chi connectivity index (χ1) is 15.2. The van der Waals surface area contributed by atoms with Gasteiger partial charge in [-0.25, -0.2) is 0 Å². The average molecular weight is 435 g/mol. The van der Waals surface area contributed by atoms with E-state index >= 15 is 0 Å². The van der Waals surface area contributed by atoms with Crippen molar-refractivity contribution in [2.24, 2.45) is 5.92 Å². The Labute approximate surface area is 188 Å². The number of fused-ring (bicyclic) bond motifs is 2. The van der Waals surface area contributed by atoms with Crippen LogP contribution in [0.25, 0.3) is 0 Å². The van der Waals surface area contributed by atoms with E-state index in [2.05, 4.69) is 33.7 Å². The lowest BCUT2D eigenvalue weighted by Gasteiger charge is -2.32. The van der Waals surface area contributed by atoms with Crippen molar-refractivity contribution in [2.75, 3.05) is 18.4 Å². The Hall–Kier alpha value is -2.20. The Morgan fingerprint density at radius 3 is 2.90 bits per heavy atom. The van der Waals surface area contributed by atoms with Crippen molar-refractivity contribution < 1.29 is 4.79 Å². The number of rotatable bonds is 5. The van der Waals surface area contributed by atoms with Crippen LogP contribution >= 0.6 is 11.3 Å². The van der Waals surface area contributed by atoms with Crippen molar-refractivity contribution >= 4 is 22.2 Å². The molecule has 1 aromatic carbocycles. The van der Waals surface area contributed by atoms with E-state index in [1.54, 1.807) is 11.3 Å². The zero-order valence-electron chi connectivity index (χ0n) is 18.0. The third kappa shape index (κ3) is 4.55. The van der Waals surface area contributed by atoms with Crippen molar-refractivity contribution in [3.05, 3.63) is 50.9 Å². The summed E-state index contributed by atoms with van der Waals surface area (Å²) in [5.74, 6) is 0.765. The van der Waals surface area contributed by atoms with Gasteiger partial charge in [-0.1, -0.05) is 37.5 Å². The molecule has 0 bridgehead atoms. The lowest BCUT2D eigenvalue weighted by atomic mass is 9.88. The standard InChI is InChI=1S/C25H30N4OS/c26-12-21-22-16-29(15-17-4-2-1-3-5-17)9-8-23(22)31-25(21)28-24(30)11-18-6-7-19-13-27-14-20(19)10-18/h6-7,10,17,27H,1-5,8-9,11,13-16H2,(H,28,30). The number of carbonyl (C=O) groups is 1. The molecule has 0 unspecified atom stereocenters. The van der Waals surface area contributed by atoms with Crippen LogP contribution in [0.15, 0.2) is 18.2 Å². The second-order valence-corrected chi connectivity index (χ2v) is 10.3. The van der Waals surface area contributed by atoms with Gasteiger partial charge >= 0.3 is 0 Å². The zero-order valence-corrected chi connectivity index (χ0v) is 18.8. The van der Waals surface area contributed by atoms with Gasteiger partial charge in [-0.3, -0.25) is 9.69 Å². The molecule has 0 saturated heterocycles. The van der Waals surface area contributed by atoms with Gasteiger partial charge in [0.05, 0.1) is 12.0 Å². The molecule has 3 aliphatic rings. The lowest BCUT2D eigenvalue weighted by molar-refractivity contribution is -0.115. The van der Waals surface area contributed by atoms with Crippen LogP contribution in [0.2, 0.25) is 0 Å². The van der Waals surface area contributed by atoms with E-state index in [4.69, 9.17) is 0 Å². The Morgan fingerprint density at radius 2 is 2.06 bits per heavy atom. The van der Waals surface area contributed by atoms with Gasteiger partial charge in [-0.05, 0) is 41.9 Å². The van der Waals surface area contributed by atoms with Crippen molar-refractivity contribution in [3.8, 4) is 6.07 Å². The molecule has 2 aromatic rings. The van der Waals surface area contributed by atoms with E-state index in [1.807, 2.05) is 6.07 Å². The number of nitrogens with zero attached hydrogens (tertiary/aromatic N) is 2. The Morgan fingerprint density at radius 1 is 1.23 bits per heavy atom. The predicted octanol–water partition coefficient (Wildman–Crippen LogP) is 4.34. The van der Waals surface area contributed by atoms with E-state index in [-0.39, 0.29) is 5.91 Å².